The minimum atomic E-state index is -0.496. The van der Waals surface area contributed by atoms with Crippen LogP contribution in [-0.2, 0) is 17.9 Å². The third kappa shape index (κ3) is 5.13. The molecule has 0 fully saturated rings. The van der Waals surface area contributed by atoms with Gasteiger partial charge in [0, 0.05) is 16.7 Å². The van der Waals surface area contributed by atoms with Crippen molar-refractivity contribution < 1.29 is 14.3 Å². The van der Waals surface area contributed by atoms with Crippen molar-refractivity contribution in [2.75, 3.05) is 7.11 Å². The average molecular weight is 545 g/mol. The van der Waals surface area contributed by atoms with E-state index in [1.54, 1.807) is 18.2 Å². The van der Waals surface area contributed by atoms with E-state index < -0.39 is 5.97 Å². The van der Waals surface area contributed by atoms with Crippen molar-refractivity contribution in [3.8, 4) is 16.9 Å². The molecule has 5 nitrogen and oxygen atoms in total. The molecular formula is C31H26Cl2N2O3. The quantitative estimate of drug-likeness (QED) is 0.194. The lowest BCUT2D eigenvalue weighted by atomic mass is 10.0. The Morgan fingerprint density at radius 1 is 0.868 bits per heavy atom. The first-order valence-corrected chi connectivity index (χ1v) is 12.9. The van der Waals surface area contributed by atoms with Crippen LogP contribution in [0.1, 0.15) is 32.9 Å². The highest BCUT2D eigenvalue weighted by molar-refractivity contribution is 6.33. The van der Waals surface area contributed by atoms with Crippen LogP contribution < -0.4 is 4.74 Å². The fourth-order valence-corrected chi connectivity index (χ4v) is 5.11. The van der Waals surface area contributed by atoms with Crippen LogP contribution in [0, 0.1) is 13.8 Å². The number of halogens is 2. The highest BCUT2D eigenvalue weighted by Gasteiger charge is 2.18. The number of hydrogen-bond donors (Lipinski definition) is 0. The smallest absolute Gasteiger partial charge is 0.339 e. The summed E-state index contributed by atoms with van der Waals surface area (Å²) in [5.74, 6) is 1.05. The molecule has 0 N–H and O–H groups in total. The highest BCUT2D eigenvalue weighted by Crippen LogP contribution is 2.31. The molecule has 0 saturated carbocycles. The second kappa shape index (κ2) is 10.9. The zero-order valence-corrected chi connectivity index (χ0v) is 22.8. The molecule has 0 radical (unpaired) electrons. The van der Waals surface area contributed by atoms with E-state index in [-0.39, 0.29) is 6.61 Å². The monoisotopic (exact) mass is 544 g/mol. The van der Waals surface area contributed by atoms with Crippen LogP contribution in [0.5, 0.6) is 5.75 Å². The van der Waals surface area contributed by atoms with Gasteiger partial charge < -0.3 is 14.0 Å². The van der Waals surface area contributed by atoms with Crippen LogP contribution in [0.2, 0.25) is 10.0 Å². The van der Waals surface area contributed by atoms with E-state index in [2.05, 4.69) is 28.8 Å². The number of imidazole rings is 1. The van der Waals surface area contributed by atoms with Gasteiger partial charge in [-0.3, -0.25) is 0 Å². The summed E-state index contributed by atoms with van der Waals surface area (Å²) < 4.78 is 13.2. The number of ether oxygens (including phenoxy) is 2. The van der Waals surface area contributed by atoms with Crippen LogP contribution in [0.3, 0.4) is 0 Å². The molecule has 5 aromatic rings. The maximum absolute atomic E-state index is 12.3. The van der Waals surface area contributed by atoms with Crippen LogP contribution in [-0.4, -0.2) is 22.6 Å². The lowest BCUT2D eigenvalue weighted by molar-refractivity contribution is 0.0598. The molecule has 7 heteroatoms. The van der Waals surface area contributed by atoms with Gasteiger partial charge in [-0.25, -0.2) is 9.78 Å². The molecule has 0 aliphatic carbocycles. The molecule has 0 bridgehead atoms. The number of esters is 1. The normalized spacial score (nSPS) is 11.1. The number of aryl methyl sites for hydroxylation is 2. The molecule has 0 atom stereocenters. The Morgan fingerprint density at radius 3 is 2.39 bits per heavy atom. The first kappa shape index (κ1) is 25.8. The van der Waals surface area contributed by atoms with Crippen molar-refractivity contribution in [1.29, 1.82) is 0 Å². The number of fused-ring (bicyclic) bond motifs is 1. The number of hydrogen-bond acceptors (Lipinski definition) is 4. The molecule has 1 heterocycles. The van der Waals surface area contributed by atoms with E-state index in [4.69, 9.17) is 37.7 Å². The molecule has 0 aliphatic rings. The number of rotatable bonds is 7. The van der Waals surface area contributed by atoms with E-state index in [1.165, 1.54) is 7.11 Å². The summed E-state index contributed by atoms with van der Waals surface area (Å²) in [4.78, 5) is 17.1. The van der Waals surface area contributed by atoms with Gasteiger partial charge in [0.25, 0.3) is 0 Å². The highest BCUT2D eigenvalue weighted by atomic mass is 35.5. The SMILES string of the molecule is COC(=O)c1c(Cl)cccc1COc1cc(C)c2nc(C)n(Cc3ccc(-c4ccccc4)cc3Cl)c2c1. The molecule has 5 rings (SSSR count). The molecule has 0 spiro atoms. The summed E-state index contributed by atoms with van der Waals surface area (Å²) in [5.41, 5.74) is 7.00. The largest absolute Gasteiger partial charge is 0.489 e. The van der Waals surface area contributed by atoms with E-state index >= 15 is 0 Å². The van der Waals surface area contributed by atoms with Crippen LogP contribution in [0.25, 0.3) is 22.2 Å². The van der Waals surface area contributed by atoms with Gasteiger partial charge in [0.1, 0.15) is 18.2 Å². The lowest BCUT2D eigenvalue weighted by Gasteiger charge is -2.13. The zero-order valence-electron chi connectivity index (χ0n) is 21.3. The van der Waals surface area contributed by atoms with Gasteiger partial charge in [0.2, 0.25) is 0 Å². The zero-order chi connectivity index (χ0) is 26.8. The Hall–Kier alpha value is -3.80. The van der Waals surface area contributed by atoms with Crippen molar-refractivity contribution in [2.24, 2.45) is 0 Å². The van der Waals surface area contributed by atoms with Crippen molar-refractivity contribution >= 4 is 40.2 Å². The number of nitrogens with zero attached hydrogens (tertiary/aromatic N) is 2. The molecule has 192 valence electrons. The van der Waals surface area contributed by atoms with Gasteiger partial charge in [-0.1, -0.05) is 77.8 Å². The van der Waals surface area contributed by atoms with E-state index in [0.29, 0.717) is 33.5 Å². The average Bonchev–Trinajstić information content (AvgIpc) is 3.24. The molecule has 0 aliphatic heterocycles. The van der Waals surface area contributed by atoms with Crippen LogP contribution in [0.15, 0.2) is 78.9 Å². The second-order valence-electron chi connectivity index (χ2n) is 9.08. The summed E-state index contributed by atoms with van der Waals surface area (Å²) >= 11 is 13.0. The third-order valence-electron chi connectivity index (χ3n) is 6.58. The van der Waals surface area contributed by atoms with Gasteiger partial charge in [0.15, 0.2) is 0 Å². The fourth-order valence-electron chi connectivity index (χ4n) is 4.60. The van der Waals surface area contributed by atoms with Crippen molar-refractivity contribution in [1.82, 2.24) is 9.55 Å². The number of methoxy groups -OCH3 is 1. The van der Waals surface area contributed by atoms with Gasteiger partial charge in [-0.2, -0.15) is 0 Å². The summed E-state index contributed by atoms with van der Waals surface area (Å²) in [7, 11) is 1.33. The Morgan fingerprint density at radius 2 is 1.66 bits per heavy atom. The summed E-state index contributed by atoms with van der Waals surface area (Å²) in [5, 5.41) is 1.03. The van der Waals surface area contributed by atoms with Crippen molar-refractivity contribution in [3.05, 3.63) is 117 Å². The van der Waals surface area contributed by atoms with Crippen LogP contribution >= 0.6 is 23.2 Å². The van der Waals surface area contributed by atoms with E-state index in [0.717, 1.165) is 39.1 Å². The van der Waals surface area contributed by atoms with Gasteiger partial charge in [0.05, 0.1) is 35.3 Å². The first-order valence-electron chi connectivity index (χ1n) is 12.2. The maximum atomic E-state index is 12.3. The lowest BCUT2D eigenvalue weighted by Crippen LogP contribution is -2.09. The maximum Gasteiger partial charge on any atom is 0.339 e. The molecule has 0 saturated heterocycles. The predicted octanol–water partition coefficient (Wildman–Crippen LogP) is 8.04. The minimum absolute atomic E-state index is 0.163. The number of carbonyl (C=O) groups is 1. The van der Waals surface area contributed by atoms with Gasteiger partial charge >= 0.3 is 5.97 Å². The van der Waals surface area contributed by atoms with Gasteiger partial charge in [-0.05, 0) is 54.3 Å². The number of carbonyl (C=O) groups excluding carboxylic acids is 1. The topological polar surface area (TPSA) is 53.4 Å². The van der Waals surface area contributed by atoms with Crippen molar-refractivity contribution in [2.45, 2.75) is 27.0 Å². The predicted molar refractivity (Wildman–Crippen MR) is 152 cm³/mol. The Bertz CT molecular complexity index is 1640. The Kier molecular flexibility index (Phi) is 7.41. The Balaban J connectivity index is 1.45. The Labute approximate surface area is 231 Å². The molecule has 0 unspecified atom stereocenters. The summed E-state index contributed by atoms with van der Waals surface area (Å²) in [6.45, 7) is 4.73. The second-order valence-corrected chi connectivity index (χ2v) is 9.89. The van der Waals surface area contributed by atoms with Crippen LogP contribution in [0.4, 0.5) is 0 Å². The third-order valence-corrected chi connectivity index (χ3v) is 7.25. The van der Waals surface area contributed by atoms with Gasteiger partial charge in [-0.15, -0.1) is 0 Å². The fraction of sp³-hybridized carbons (Fsp3) is 0.161. The van der Waals surface area contributed by atoms with Crippen molar-refractivity contribution in [3.63, 3.8) is 0 Å². The molecule has 0 amide bonds. The van der Waals surface area contributed by atoms with E-state index in [9.17, 15) is 4.79 Å². The standard InChI is InChI=1S/C31H26Cl2N2O3/c1-19-14-25(38-18-24-10-7-11-26(32)29(24)31(36)37-3)16-28-30(19)34-20(2)35(28)17-23-13-12-22(15-27(23)33)21-8-5-4-6-9-21/h4-16H,17-18H2,1-3H3. The number of aromatic nitrogens is 2. The molecule has 1 aromatic heterocycles. The number of benzene rings is 4. The first-order chi connectivity index (χ1) is 18.4. The van der Waals surface area contributed by atoms with E-state index in [1.807, 2.05) is 50.2 Å². The molecule has 4 aromatic carbocycles. The molecular weight excluding hydrogens is 519 g/mol. The molecule has 38 heavy (non-hydrogen) atoms. The minimum Gasteiger partial charge on any atom is -0.489 e. The summed E-state index contributed by atoms with van der Waals surface area (Å²) in [6, 6.07) is 25.5. The summed E-state index contributed by atoms with van der Waals surface area (Å²) in [6.07, 6.45) is 0.